The zero-order valence-corrected chi connectivity index (χ0v) is 11.2. The van der Waals surface area contributed by atoms with Crippen molar-refractivity contribution in [3.05, 3.63) is 18.2 Å². The zero-order valence-electron chi connectivity index (χ0n) is 11.2. The number of hydrogen-bond donors (Lipinski definition) is 0. The van der Waals surface area contributed by atoms with Gasteiger partial charge in [-0.1, -0.05) is 6.92 Å². The van der Waals surface area contributed by atoms with Crippen LogP contribution in [0.25, 0.3) is 0 Å². The van der Waals surface area contributed by atoms with Crippen LogP contribution in [-0.4, -0.2) is 32.1 Å². The van der Waals surface area contributed by atoms with E-state index in [9.17, 15) is 4.79 Å². The summed E-state index contributed by atoms with van der Waals surface area (Å²) in [5, 5.41) is 0. The molecule has 102 valence electrons. The van der Waals surface area contributed by atoms with E-state index in [1.807, 2.05) is 25.1 Å². The van der Waals surface area contributed by atoms with Crippen LogP contribution in [0.15, 0.2) is 18.2 Å². The van der Waals surface area contributed by atoms with Crippen molar-refractivity contribution in [1.82, 2.24) is 0 Å². The predicted octanol–water partition coefficient (Wildman–Crippen LogP) is 2.26. The largest absolute Gasteiger partial charge is 0.486 e. The molecule has 0 aliphatic carbocycles. The first-order chi connectivity index (χ1) is 9.28. The summed E-state index contributed by atoms with van der Waals surface area (Å²) in [4.78, 5) is 14.0. The highest BCUT2D eigenvalue weighted by Crippen LogP contribution is 2.35. The van der Waals surface area contributed by atoms with Crippen LogP contribution in [0.3, 0.4) is 0 Å². The van der Waals surface area contributed by atoms with Gasteiger partial charge >= 0.3 is 0 Å². The van der Waals surface area contributed by atoms with Crippen molar-refractivity contribution >= 4 is 11.5 Å². The maximum atomic E-state index is 11.8. The molecule has 0 saturated carbocycles. The quantitative estimate of drug-likeness (QED) is 0.836. The first-order valence-corrected chi connectivity index (χ1v) is 6.95. The highest BCUT2D eigenvalue weighted by atomic mass is 16.6. The summed E-state index contributed by atoms with van der Waals surface area (Å²) in [5.41, 5.74) is 1.12. The summed E-state index contributed by atoms with van der Waals surface area (Å²) in [7, 11) is 0. The van der Waals surface area contributed by atoms with Gasteiger partial charge in [0.25, 0.3) is 0 Å². The Hall–Kier alpha value is -1.71. The van der Waals surface area contributed by atoms with Crippen LogP contribution in [0.5, 0.6) is 11.5 Å². The molecule has 2 aliphatic rings. The molecule has 4 nitrogen and oxygen atoms in total. The molecule has 1 unspecified atom stereocenters. The summed E-state index contributed by atoms with van der Waals surface area (Å²) in [6.07, 6.45) is 1.60. The van der Waals surface area contributed by atoms with Crippen LogP contribution in [0.4, 0.5) is 5.69 Å². The number of anilines is 1. The number of ether oxygens (including phenoxy) is 2. The third-order valence-electron chi connectivity index (χ3n) is 3.88. The maximum absolute atomic E-state index is 11.8. The molecule has 0 spiro atoms. The van der Waals surface area contributed by atoms with Crippen molar-refractivity contribution in [3.8, 4) is 11.5 Å². The first-order valence-electron chi connectivity index (χ1n) is 6.95. The molecule has 1 fully saturated rings. The number of ketones is 1. The van der Waals surface area contributed by atoms with Gasteiger partial charge in [-0.15, -0.1) is 0 Å². The lowest BCUT2D eigenvalue weighted by molar-refractivity contribution is -0.121. The number of carbonyl (C=O) groups is 1. The van der Waals surface area contributed by atoms with Gasteiger partial charge in [-0.3, -0.25) is 4.79 Å². The Morgan fingerprint density at radius 3 is 2.89 bits per heavy atom. The third kappa shape index (κ3) is 2.39. The molecule has 1 aromatic rings. The molecule has 4 heteroatoms. The van der Waals surface area contributed by atoms with E-state index in [-0.39, 0.29) is 5.92 Å². The first kappa shape index (κ1) is 12.3. The van der Waals surface area contributed by atoms with Gasteiger partial charge in [0.05, 0.1) is 0 Å². The van der Waals surface area contributed by atoms with Gasteiger partial charge in [-0.05, 0) is 18.6 Å². The molecule has 1 saturated heterocycles. The summed E-state index contributed by atoms with van der Waals surface area (Å²) in [6, 6.07) is 6.03. The normalized spacial score (nSPS) is 21.5. The molecule has 2 heterocycles. The van der Waals surface area contributed by atoms with Crippen LogP contribution < -0.4 is 14.4 Å². The fourth-order valence-electron chi connectivity index (χ4n) is 2.78. The van der Waals surface area contributed by atoms with E-state index in [0.29, 0.717) is 25.4 Å². The number of carbonyl (C=O) groups excluding carboxylic acids is 1. The fourth-order valence-corrected chi connectivity index (χ4v) is 2.78. The highest BCUT2D eigenvalue weighted by molar-refractivity contribution is 5.82. The Kier molecular flexibility index (Phi) is 3.32. The molecular weight excluding hydrogens is 242 g/mol. The molecule has 1 atom stereocenters. The van der Waals surface area contributed by atoms with Crippen LogP contribution in [0, 0.1) is 5.92 Å². The average Bonchev–Trinajstić information content (AvgIpc) is 2.95. The molecule has 0 bridgehead atoms. The topological polar surface area (TPSA) is 38.8 Å². The maximum Gasteiger partial charge on any atom is 0.163 e. The lowest BCUT2D eigenvalue weighted by atomic mass is 10.0. The Morgan fingerprint density at radius 2 is 2.11 bits per heavy atom. The van der Waals surface area contributed by atoms with Crippen molar-refractivity contribution in [2.24, 2.45) is 5.92 Å². The Labute approximate surface area is 113 Å². The third-order valence-corrected chi connectivity index (χ3v) is 3.88. The molecule has 3 rings (SSSR count). The van der Waals surface area contributed by atoms with Gasteiger partial charge in [0, 0.05) is 37.2 Å². The number of fused-ring (bicyclic) bond motifs is 1. The standard InChI is InChI=1S/C15H19NO3/c1-2-13(17)11-5-6-16(10-11)12-3-4-14-15(9-12)19-8-7-18-14/h3-4,9,11H,2,5-8,10H2,1H3. The summed E-state index contributed by atoms with van der Waals surface area (Å²) in [6.45, 7) is 4.92. The van der Waals surface area contributed by atoms with Gasteiger partial charge in [0.1, 0.15) is 19.0 Å². The minimum Gasteiger partial charge on any atom is -0.486 e. The zero-order chi connectivity index (χ0) is 13.2. The van der Waals surface area contributed by atoms with Crippen molar-refractivity contribution in [2.45, 2.75) is 19.8 Å². The number of Topliss-reactive ketones (excluding diaryl/α,β-unsaturated/α-hetero) is 1. The van der Waals surface area contributed by atoms with E-state index < -0.39 is 0 Å². The van der Waals surface area contributed by atoms with Crippen LogP contribution in [-0.2, 0) is 4.79 Å². The molecule has 0 radical (unpaired) electrons. The molecule has 19 heavy (non-hydrogen) atoms. The Balaban J connectivity index is 1.75. The molecule has 1 aromatic carbocycles. The van der Waals surface area contributed by atoms with Crippen LogP contribution in [0.1, 0.15) is 19.8 Å². The van der Waals surface area contributed by atoms with Crippen molar-refractivity contribution < 1.29 is 14.3 Å². The van der Waals surface area contributed by atoms with E-state index in [1.54, 1.807) is 0 Å². The van der Waals surface area contributed by atoms with Crippen LogP contribution >= 0.6 is 0 Å². The SMILES string of the molecule is CCC(=O)C1CCN(c2ccc3c(c2)OCCO3)C1. The van der Waals surface area contributed by atoms with Crippen LogP contribution in [0.2, 0.25) is 0 Å². The average molecular weight is 261 g/mol. The Morgan fingerprint density at radius 1 is 1.32 bits per heavy atom. The minimum atomic E-state index is 0.193. The lowest BCUT2D eigenvalue weighted by Crippen LogP contribution is -2.23. The van der Waals surface area contributed by atoms with Crippen molar-refractivity contribution in [2.75, 3.05) is 31.2 Å². The number of hydrogen-bond acceptors (Lipinski definition) is 4. The van der Waals surface area contributed by atoms with Gasteiger partial charge < -0.3 is 14.4 Å². The van der Waals surface area contributed by atoms with E-state index in [1.165, 1.54) is 0 Å². The number of rotatable bonds is 3. The fraction of sp³-hybridized carbons (Fsp3) is 0.533. The molecule has 2 aliphatic heterocycles. The molecular formula is C15H19NO3. The van der Waals surface area contributed by atoms with E-state index >= 15 is 0 Å². The predicted molar refractivity (Wildman–Crippen MR) is 73.1 cm³/mol. The van der Waals surface area contributed by atoms with E-state index in [4.69, 9.17) is 9.47 Å². The van der Waals surface area contributed by atoms with E-state index in [2.05, 4.69) is 4.90 Å². The number of nitrogens with zero attached hydrogens (tertiary/aromatic N) is 1. The van der Waals surface area contributed by atoms with E-state index in [0.717, 1.165) is 36.7 Å². The Bertz CT molecular complexity index is 486. The van der Waals surface area contributed by atoms with Crippen molar-refractivity contribution in [1.29, 1.82) is 0 Å². The van der Waals surface area contributed by atoms with Gasteiger partial charge in [-0.25, -0.2) is 0 Å². The molecule has 0 N–H and O–H groups in total. The lowest BCUT2D eigenvalue weighted by Gasteiger charge is -2.23. The monoisotopic (exact) mass is 261 g/mol. The molecule has 0 amide bonds. The number of benzene rings is 1. The van der Waals surface area contributed by atoms with Gasteiger partial charge in [0.15, 0.2) is 11.5 Å². The summed E-state index contributed by atoms with van der Waals surface area (Å²) in [5.74, 6) is 2.20. The molecule has 0 aromatic heterocycles. The second-order valence-corrected chi connectivity index (χ2v) is 5.08. The summed E-state index contributed by atoms with van der Waals surface area (Å²) >= 11 is 0. The second-order valence-electron chi connectivity index (χ2n) is 5.08. The highest BCUT2D eigenvalue weighted by Gasteiger charge is 2.27. The summed E-state index contributed by atoms with van der Waals surface area (Å²) < 4.78 is 11.1. The van der Waals surface area contributed by atoms with Crippen molar-refractivity contribution in [3.63, 3.8) is 0 Å². The van der Waals surface area contributed by atoms with Gasteiger partial charge in [0.2, 0.25) is 0 Å². The smallest absolute Gasteiger partial charge is 0.163 e. The minimum absolute atomic E-state index is 0.193. The second kappa shape index (κ2) is 5.11. The van der Waals surface area contributed by atoms with Gasteiger partial charge in [-0.2, -0.15) is 0 Å².